The zero-order chi connectivity index (χ0) is 19.2. The first-order valence-electron chi connectivity index (χ1n) is 8.03. The summed E-state index contributed by atoms with van der Waals surface area (Å²) in [6.07, 6.45) is 2.12. The molecule has 2 aromatic carbocycles. The average molecular weight is 446 g/mol. The monoisotopic (exact) mass is 445 g/mol. The SMILES string of the molecule is CC(ON=Cc1ccc(Br)cc1)C(=O)N/N=C/c1sc2ccccc2c1O. The number of fused-ring (bicyclic) bond motifs is 1. The Balaban J connectivity index is 1.54. The van der Waals surface area contributed by atoms with Crippen LogP contribution in [-0.4, -0.2) is 29.5 Å². The zero-order valence-electron chi connectivity index (χ0n) is 14.3. The molecule has 0 saturated heterocycles. The second kappa shape index (κ2) is 8.79. The number of carbonyl (C=O) groups excluding carboxylic acids is 1. The summed E-state index contributed by atoms with van der Waals surface area (Å²) in [5, 5.41) is 18.6. The molecule has 0 aliphatic heterocycles. The van der Waals surface area contributed by atoms with E-state index in [2.05, 4.69) is 31.6 Å². The lowest BCUT2D eigenvalue weighted by Gasteiger charge is -2.06. The Hall–Kier alpha value is -2.71. The predicted molar refractivity (Wildman–Crippen MR) is 112 cm³/mol. The summed E-state index contributed by atoms with van der Waals surface area (Å²) in [5.74, 6) is -0.295. The number of amides is 1. The van der Waals surface area contributed by atoms with Crippen molar-refractivity contribution in [2.24, 2.45) is 10.3 Å². The highest BCUT2D eigenvalue weighted by atomic mass is 79.9. The number of nitrogens with zero attached hydrogens (tertiary/aromatic N) is 2. The minimum atomic E-state index is -0.815. The zero-order valence-corrected chi connectivity index (χ0v) is 16.7. The summed E-state index contributed by atoms with van der Waals surface area (Å²) < 4.78 is 1.91. The van der Waals surface area contributed by atoms with Gasteiger partial charge in [0.25, 0.3) is 5.91 Å². The van der Waals surface area contributed by atoms with Crippen LogP contribution in [0.4, 0.5) is 0 Å². The first-order chi connectivity index (χ1) is 13.0. The van der Waals surface area contributed by atoms with Crippen molar-refractivity contribution in [3.8, 4) is 5.75 Å². The van der Waals surface area contributed by atoms with Crippen molar-refractivity contribution in [1.29, 1.82) is 0 Å². The van der Waals surface area contributed by atoms with E-state index in [1.165, 1.54) is 23.8 Å². The Bertz CT molecular complexity index is 999. The van der Waals surface area contributed by atoms with Crippen LogP contribution in [0.2, 0.25) is 0 Å². The molecule has 0 fully saturated rings. The van der Waals surface area contributed by atoms with Crippen LogP contribution < -0.4 is 5.43 Å². The number of hydrazone groups is 1. The maximum atomic E-state index is 12.0. The largest absolute Gasteiger partial charge is 0.506 e. The fourth-order valence-electron chi connectivity index (χ4n) is 2.16. The molecule has 8 heteroatoms. The molecular weight excluding hydrogens is 430 g/mol. The van der Waals surface area contributed by atoms with Gasteiger partial charge in [-0.2, -0.15) is 5.10 Å². The Kier molecular flexibility index (Phi) is 6.20. The summed E-state index contributed by atoms with van der Waals surface area (Å²) in [6.45, 7) is 1.57. The highest BCUT2D eigenvalue weighted by molar-refractivity contribution is 9.10. The van der Waals surface area contributed by atoms with Crippen LogP contribution in [0.25, 0.3) is 10.1 Å². The van der Waals surface area contributed by atoms with E-state index in [4.69, 9.17) is 4.84 Å². The quantitative estimate of drug-likeness (QED) is 0.439. The van der Waals surface area contributed by atoms with Crippen LogP contribution in [0.1, 0.15) is 17.4 Å². The molecule has 3 aromatic rings. The van der Waals surface area contributed by atoms with Gasteiger partial charge in [-0.05, 0) is 36.8 Å². The molecule has 0 bridgehead atoms. The molecule has 0 saturated carbocycles. The molecule has 27 heavy (non-hydrogen) atoms. The third-order valence-corrected chi connectivity index (χ3v) is 5.24. The number of aromatic hydroxyl groups is 1. The second-order valence-electron chi connectivity index (χ2n) is 5.58. The minimum absolute atomic E-state index is 0.150. The molecule has 0 radical (unpaired) electrons. The van der Waals surface area contributed by atoms with Gasteiger partial charge < -0.3 is 9.94 Å². The molecular formula is C19H16BrN3O3S. The van der Waals surface area contributed by atoms with Crippen molar-refractivity contribution < 1.29 is 14.7 Å². The molecule has 3 rings (SSSR count). The van der Waals surface area contributed by atoms with E-state index in [0.29, 0.717) is 4.88 Å². The van der Waals surface area contributed by atoms with Crippen molar-refractivity contribution in [3.63, 3.8) is 0 Å². The van der Waals surface area contributed by atoms with Gasteiger partial charge in [0.1, 0.15) is 5.75 Å². The average Bonchev–Trinajstić information content (AvgIpc) is 2.99. The van der Waals surface area contributed by atoms with Gasteiger partial charge in [0.15, 0.2) is 0 Å². The van der Waals surface area contributed by atoms with Crippen molar-refractivity contribution in [1.82, 2.24) is 5.43 Å². The lowest BCUT2D eigenvalue weighted by atomic mass is 10.2. The smallest absolute Gasteiger partial charge is 0.283 e. The van der Waals surface area contributed by atoms with Gasteiger partial charge in [0.05, 0.1) is 17.3 Å². The molecule has 6 nitrogen and oxygen atoms in total. The normalized spacial score (nSPS) is 12.7. The van der Waals surface area contributed by atoms with Crippen molar-refractivity contribution >= 4 is 55.7 Å². The van der Waals surface area contributed by atoms with Crippen LogP contribution >= 0.6 is 27.3 Å². The van der Waals surface area contributed by atoms with Crippen molar-refractivity contribution in [3.05, 3.63) is 63.4 Å². The number of halogens is 1. The third kappa shape index (κ3) is 4.93. The topological polar surface area (TPSA) is 83.3 Å². The molecule has 0 aliphatic rings. The third-order valence-electron chi connectivity index (χ3n) is 3.61. The number of hydrogen-bond donors (Lipinski definition) is 2. The van der Waals surface area contributed by atoms with E-state index in [9.17, 15) is 9.90 Å². The highest BCUT2D eigenvalue weighted by Crippen LogP contribution is 2.35. The molecule has 138 valence electrons. The Labute approximate surface area is 168 Å². The van der Waals surface area contributed by atoms with Gasteiger partial charge in [-0.3, -0.25) is 4.79 Å². The van der Waals surface area contributed by atoms with Gasteiger partial charge in [0.2, 0.25) is 6.10 Å². The first kappa shape index (κ1) is 19.1. The Morgan fingerprint density at radius 3 is 2.70 bits per heavy atom. The number of carbonyl (C=O) groups is 1. The minimum Gasteiger partial charge on any atom is -0.506 e. The van der Waals surface area contributed by atoms with E-state index in [-0.39, 0.29) is 5.75 Å². The van der Waals surface area contributed by atoms with E-state index < -0.39 is 12.0 Å². The number of hydrogen-bond acceptors (Lipinski definition) is 6. The summed E-state index contributed by atoms with van der Waals surface area (Å²) in [4.78, 5) is 17.7. The number of benzene rings is 2. The Morgan fingerprint density at radius 1 is 1.22 bits per heavy atom. The van der Waals surface area contributed by atoms with Gasteiger partial charge >= 0.3 is 0 Å². The number of oxime groups is 1. The molecule has 0 aliphatic carbocycles. The van der Waals surface area contributed by atoms with Crippen molar-refractivity contribution in [2.45, 2.75) is 13.0 Å². The fraction of sp³-hybridized carbons (Fsp3) is 0.105. The van der Waals surface area contributed by atoms with Crippen LogP contribution in [0.15, 0.2) is 63.3 Å². The lowest BCUT2D eigenvalue weighted by Crippen LogP contribution is -2.30. The molecule has 1 amide bonds. The van der Waals surface area contributed by atoms with Gasteiger partial charge in [-0.15, -0.1) is 11.3 Å². The molecule has 2 N–H and O–H groups in total. The van der Waals surface area contributed by atoms with Crippen LogP contribution in [0.5, 0.6) is 5.75 Å². The van der Waals surface area contributed by atoms with Gasteiger partial charge in [-0.1, -0.05) is 45.4 Å². The lowest BCUT2D eigenvalue weighted by molar-refractivity contribution is -0.131. The van der Waals surface area contributed by atoms with E-state index in [1.54, 1.807) is 6.92 Å². The molecule has 0 spiro atoms. The Morgan fingerprint density at radius 2 is 1.96 bits per heavy atom. The van der Waals surface area contributed by atoms with Crippen LogP contribution in [0.3, 0.4) is 0 Å². The maximum absolute atomic E-state index is 12.0. The number of rotatable bonds is 6. The predicted octanol–water partition coefficient (Wildman–Crippen LogP) is 4.26. The second-order valence-corrected chi connectivity index (χ2v) is 7.58. The summed E-state index contributed by atoms with van der Waals surface area (Å²) >= 11 is 4.74. The number of thiophene rings is 1. The van der Waals surface area contributed by atoms with E-state index in [1.807, 2.05) is 48.5 Å². The standard InChI is InChI=1S/C19H16BrN3O3S/c1-12(26-22-10-13-6-8-14(20)9-7-13)19(25)23-21-11-17-18(24)15-4-2-3-5-16(15)27-17/h2-12,24H,1H3,(H,23,25)/b21-11+,22-10?. The summed E-state index contributed by atoms with van der Waals surface area (Å²) in [5.41, 5.74) is 3.23. The maximum Gasteiger partial charge on any atom is 0.283 e. The molecule has 1 unspecified atom stereocenters. The highest BCUT2D eigenvalue weighted by Gasteiger charge is 2.13. The first-order valence-corrected chi connectivity index (χ1v) is 9.63. The van der Waals surface area contributed by atoms with Crippen LogP contribution in [0, 0.1) is 0 Å². The fourth-order valence-corrected chi connectivity index (χ4v) is 3.40. The van der Waals surface area contributed by atoms with E-state index >= 15 is 0 Å². The van der Waals surface area contributed by atoms with Crippen molar-refractivity contribution in [2.75, 3.05) is 0 Å². The molecule has 1 heterocycles. The summed E-state index contributed by atoms with van der Waals surface area (Å²) in [6, 6.07) is 15.0. The van der Waals surface area contributed by atoms with Gasteiger partial charge in [-0.25, -0.2) is 5.43 Å². The summed E-state index contributed by atoms with van der Waals surface area (Å²) in [7, 11) is 0. The van der Waals surface area contributed by atoms with Crippen LogP contribution in [-0.2, 0) is 9.63 Å². The molecule has 1 atom stereocenters. The van der Waals surface area contributed by atoms with E-state index in [0.717, 1.165) is 20.1 Å². The number of nitrogens with one attached hydrogen (secondary N) is 1. The molecule has 1 aromatic heterocycles. The van der Waals surface area contributed by atoms with Gasteiger partial charge in [0, 0.05) is 14.6 Å².